The van der Waals surface area contributed by atoms with Crippen molar-refractivity contribution < 1.29 is 0 Å². The summed E-state index contributed by atoms with van der Waals surface area (Å²) in [6.45, 7) is 0. The highest BCUT2D eigenvalue weighted by molar-refractivity contribution is 7.99. The first-order chi connectivity index (χ1) is 7.43. The van der Waals surface area contributed by atoms with E-state index in [2.05, 4.69) is 41.0 Å². The van der Waals surface area contributed by atoms with Gasteiger partial charge in [-0.1, -0.05) is 6.07 Å². The molecule has 1 aromatic heterocycles. The largest absolute Gasteiger partial charge is 0.361 e. The van der Waals surface area contributed by atoms with Gasteiger partial charge in [0.2, 0.25) is 0 Å². The number of hydrogen-bond acceptors (Lipinski definition) is 1. The van der Waals surface area contributed by atoms with E-state index in [9.17, 15) is 0 Å². The Kier molecular flexibility index (Phi) is 2.45. The summed E-state index contributed by atoms with van der Waals surface area (Å²) < 4.78 is 0. The zero-order valence-corrected chi connectivity index (χ0v) is 9.52. The Bertz CT molecular complexity index is 454. The molecule has 1 aromatic carbocycles. The molecule has 0 spiro atoms. The standard InChI is InChI=1S/C13H15NS/c1-2-13-12(3-6-14-13)9-11(1)10-4-7-15-8-5-10/h1-3,6,9-10,14H,4-5,7-8H2. The Morgan fingerprint density at radius 1 is 1.13 bits per heavy atom. The highest BCUT2D eigenvalue weighted by Crippen LogP contribution is 2.32. The molecule has 1 fully saturated rings. The number of hydrogen-bond donors (Lipinski definition) is 1. The third kappa shape index (κ3) is 1.78. The van der Waals surface area contributed by atoms with Gasteiger partial charge in [0.1, 0.15) is 0 Å². The lowest BCUT2D eigenvalue weighted by atomic mass is 9.93. The van der Waals surface area contributed by atoms with Crippen LogP contribution < -0.4 is 0 Å². The summed E-state index contributed by atoms with van der Waals surface area (Å²) >= 11 is 2.09. The first-order valence-electron chi connectivity index (χ1n) is 5.58. The van der Waals surface area contributed by atoms with Crippen LogP contribution in [0.15, 0.2) is 30.5 Å². The number of nitrogens with one attached hydrogen (secondary N) is 1. The van der Waals surface area contributed by atoms with Gasteiger partial charge in [-0.05, 0) is 59.4 Å². The first-order valence-corrected chi connectivity index (χ1v) is 6.74. The molecule has 3 rings (SSSR count). The average molecular weight is 217 g/mol. The number of fused-ring (bicyclic) bond motifs is 1. The molecular weight excluding hydrogens is 202 g/mol. The molecule has 0 bridgehead atoms. The molecule has 1 aliphatic heterocycles. The summed E-state index contributed by atoms with van der Waals surface area (Å²) in [5, 5.41) is 1.35. The van der Waals surface area contributed by atoms with E-state index in [4.69, 9.17) is 0 Å². The van der Waals surface area contributed by atoms with E-state index in [0.717, 1.165) is 5.92 Å². The maximum atomic E-state index is 3.25. The summed E-state index contributed by atoms with van der Waals surface area (Å²) in [5.41, 5.74) is 2.78. The molecule has 0 aliphatic carbocycles. The number of thioether (sulfide) groups is 1. The molecule has 1 N–H and O–H groups in total. The van der Waals surface area contributed by atoms with Crippen molar-refractivity contribution in [2.75, 3.05) is 11.5 Å². The normalized spacial score (nSPS) is 18.4. The third-order valence-electron chi connectivity index (χ3n) is 3.27. The smallest absolute Gasteiger partial charge is 0.0454 e. The Labute approximate surface area is 94.3 Å². The summed E-state index contributed by atoms with van der Waals surface area (Å²) in [6, 6.07) is 9.02. The second-order valence-corrected chi connectivity index (χ2v) is 5.44. The average Bonchev–Trinajstić information content (AvgIpc) is 2.77. The van der Waals surface area contributed by atoms with Crippen LogP contribution in [0, 0.1) is 0 Å². The van der Waals surface area contributed by atoms with E-state index in [1.807, 2.05) is 6.20 Å². The molecule has 1 saturated heterocycles. The van der Waals surface area contributed by atoms with Crippen molar-refractivity contribution in [2.45, 2.75) is 18.8 Å². The van der Waals surface area contributed by atoms with Crippen molar-refractivity contribution in [3.63, 3.8) is 0 Å². The Morgan fingerprint density at radius 3 is 2.87 bits per heavy atom. The zero-order chi connectivity index (χ0) is 10.1. The van der Waals surface area contributed by atoms with Crippen molar-refractivity contribution >= 4 is 22.7 Å². The predicted octanol–water partition coefficient (Wildman–Crippen LogP) is 3.78. The van der Waals surface area contributed by atoms with Crippen molar-refractivity contribution in [3.05, 3.63) is 36.0 Å². The molecule has 2 aromatic rings. The minimum atomic E-state index is 0.797. The highest BCUT2D eigenvalue weighted by atomic mass is 32.2. The van der Waals surface area contributed by atoms with Crippen LogP contribution in [-0.4, -0.2) is 16.5 Å². The molecule has 0 atom stereocenters. The Balaban J connectivity index is 1.95. The molecule has 1 aliphatic rings. The summed E-state index contributed by atoms with van der Waals surface area (Å²) in [5.74, 6) is 3.46. The topological polar surface area (TPSA) is 15.8 Å². The molecule has 0 saturated carbocycles. The van der Waals surface area contributed by atoms with Crippen LogP contribution in [0.3, 0.4) is 0 Å². The van der Waals surface area contributed by atoms with Crippen LogP contribution in [-0.2, 0) is 0 Å². The monoisotopic (exact) mass is 217 g/mol. The van der Waals surface area contributed by atoms with Crippen LogP contribution in [0.4, 0.5) is 0 Å². The van der Waals surface area contributed by atoms with Crippen LogP contribution in [0.25, 0.3) is 10.9 Å². The fraction of sp³-hybridized carbons (Fsp3) is 0.385. The van der Waals surface area contributed by atoms with Gasteiger partial charge < -0.3 is 4.98 Å². The maximum absolute atomic E-state index is 3.25. The zero-order valence-electron chi connectivity index (χ0n) is 8.70. The van der Waals surface area contributed by atoms with Crippen LogP contribution in [0.5, 0.6) is 0 Å². The Morgan fingerprint density at radius 2 is 2.00 bits per heavy atom. The van der Waals surface area contributed by atoms with E-state index in [1.54, 1.807) is 0 Å². The van der Waals surface area contributed by atoms with Gasteiger partial charge in [0.15, 0.2) is 0 Å². The van der Waals surface area contributed by atoms with Crippen molar-refractivity contribution in [1.82, 2.24) is 4.98 Å². The van der Waals surface area contributed by atoms with Crippen LogP contribution in [0.2, 0.25) is 0 Å². The van der Waals surface area contributed by atoms with Crippen molar-refractivity contribution in [3.8, 4) is 0 Å². The number of benzene rings is 1. The summed E-state index contributed by atoms with van der Waals surface area (Å²) in [4.78, 5) is 3.25. The lowest BCUT2D eigenvalue weighted by molar-refractivity contribution is 0.638. The number of aromatic nitrogens is 1. The fourth-order valence-corrected chi connectivity index (χ4v) is 3.46. The first kappa shape index (κ1) is 9.34. The number of rotatable bonds is 1. The van der Waals surface area contributed by atoms with Crippen LogP contribution >= 0.6 is 11.8 Å². The second kappa shape index (κ2) is 3.93. The summed E-state index contributed by atoms with van der Waals surface area (Å²) in [7, 11) is 0. The van der Waals surface area contributed by atoms with Gasteiger partial charge >= 0.3 is 0 Å². The van der Waals surface area contributed by atoms with Gasteiger partial charge in [-0.25, -0.2) is 0 Å². The lowest BCUT2D eigenvalue weighted by Crippen LogP contribution is -2.07. The molecule has 1 nitrogen and oxygen atoms in total. The van der Waals surface area contributed by atoms with Gasteiger partial charge in [0.25, 0.3) is 0 Å². The molecule has 0 unspecified atom stereocenters. The van der Waals surface area contributed by atoms with Gasteiger partial charge in [0, 0.05) is 11.7 Å². The molecule has 2 heterocycles. The maximum Gasteiger partial charge on any atom is 0.0454 e. The predicted molar refractivity (Wildman–Crippen MR) is 67.6 cm³/mol. The fourth-order valence-electron chi connectivity index (χ4n) is 2.36. The van der Waals surface area contributed by atoms with Gasteiger partial charge in [0.05, 0.1) is 0 Å². The van der Waals surface area contributed by atoms with E-state index in [1.165, 1.54) is 40.8 Å². The van der Waals surface area contributed by atoms with E-state index < -0.39 is 0 Å². The van der Waals surface area contributed by atoms with Gasteiger partial charge in [-0.3, -0.25) is 0 Å². The van der Waals surface area contributed by atoms with Crippen molar-refractivity contribution in [1.29, 1.82) is 0 Å². The minimum absolute atomic E-state index is 0.797. The SMILES string of the molecule is c1cc2cc(C3CCSCC3)ccc2[nH]1. The second-order valence-electron chi connectivity index (χ2n) is 4.21. The van der Waals surface area contributed by atoms with Crippen molar-refractivity contribution in [2.24, 2.45) is 0 Å². The molecule has 2 heteroatoms. The molecule has 15 heavy (non-hydrogen) atoms. The molecule has 0 amide bonds. The number of aromatic amines is 1. The third-order valence-corrected chi connectivity index (χ3v) is 4.32. The van der Waals surface area contributed by atoms with E-state index >= 15 is 0 Å². The molecule has 0 radical (unpaired) electrons. The van der Waals surface area contributed by atoms with Crippen LogP contribution in [0.1, 0.15) is 24.3 Å². The summed E-state index contributed by atoms with van der Waals surface area (Å²) in [6.07, 6.45) is 4.71. The highest BCUT2D eigenvalue weighted by Gasteiger charge is 2.15. The number of H-pyrrole nitrogens is 1. The quantitative estimate of drug-likeness (QED) is 0.768. The van der Waals surface area contributed by atoms with Gasteiger partial charge in [-0.15, -0.1) is 0 Å². The minimum Gasteiger partial charge on any atom is -0.361 e. The van der Waals surface area contributed by atoms with Gasteiger partial charge in [-0.2, -0.15) is 11.8 Å². The van der Waals surface area contributed by atoms with E-state index in [-0.39, 0.29) is 0 Å². The van der Waals surface area contributed by atoms with E-state index in [0.29, 0.717) is 0 Å². The molecular formula is C13H15NS. The lowest BCUT2D eigenvalue weighted by Gasteiger charge is -2.21. The Hall–Kier alpha value is -0.890. The molecule has 78 valence electrons.